The first-order valence-corrected chi connectivity index (χ1v) is 11.3. The van der Waals surface area contributed by atoms with Crippen LogP contribution in [0.4, 0.5) is 4.39 Å². The molecule has 2 atom stereocenters. The van der Waals surface area contributed by atoms with Gasteiger partial charge in [0.15, 0.2) is 0 Å². The summed E-state index contributed by atoms with van der Waals surface area (Å²) >= 11 is 0. The molecule has 2 heterocycles. The maximum absolute atomic E-state index is 14.8. The van der Waals surface area contributed by atoms with Gasteiger partial charge in [-0.2, -0.15) is 0 Å². The van der Waals surface area contributed by atoms with E-state index in [-0.39, 0.29) is 17.5 Å². The number of halogens is 1. The van der Waals surface area contributed by atoms with E-state index in [0.717, 1.165) is 45.7 Å². The molecular formula is C29H28FNO2. The standard InChI is InChI=1S/C29H28FNO2/c1-5-7-21(16-20(4)32)22-10-14-26-23(17-22)11-15-27(33-26)29-24(30)12-13-25(31-29)28-18(2)8-6-9-19(28)3/h6,8-10,12-14,17,21,27H,11,15-16H2,1-4H3. The molecule has 0 fully saturated rings. The first kappa shape index (κ1) is 22.7. The van der Waals surface area contributed by atoms with E-state index in [2.05, 4.69) is 17.9 Å². The van der Waals surface area contributed by atoms with E-state index < -0.39 is 6.10 Å². The lowest BCUT2D eigenvalue weighted by Crippen LogP contribution is -2.18. The second-order valence-corrected chi connectivity index (χ2v) is 8.70. The third kappa shape index (κ3) is 4.83. The molecule has 0 amide bonds. The zero-order valence-electron chi connectivity index (χ0n) is 19.5. The van der Waals surface area contributed by atoms with Crippen LogP contribution in [0.3, 0.4) is 0 Å². The zero-order chi connectivity index (χ0) is 23.5. The number of hydrogen-bond donors (Lipinski definition) is 0. The quantitative estimate of drug-likeness (QED) is 0.416. The predicted molar refractivity (Wildman–Crippen MR) is 129 cm³/mol. The molecule has 4 rings (SSSR count). The van der Waals surface area contributed by atoms with E-state index in [1.165, 1.54) is 6.07 Å². The molecule has 4 heteroatoms. The van der Waals surface area contributed by atoms with Crippen molar-refractivity contribution >= 4 is 5.78 Å². The molecule has 1 aromatic heterocycles. The molecular weight excluding hydrogens is 413 g/mol. The molecule has 0 saturated heterocycles. The maximum Gasteiger partial charge on any atom is 0.148 e. The van der Waals surface area contributed by atoms with Crippen LogP contribution in [0.1, 0.15) is 66.7 Å². The number of aromatic nitrogens is 1. The molecule has 2 unspecified atom stereocenters. The van der Waals surface area contributed by atoms with Crippen molar-refractivity contribution in [2.24, 2.45) is 0 Å². The lowest BCUT2D eigenvalue weighted by molar-refractivity contribution is -0.117. The maximum atomic E-state index is 14.8. The Kier molecular flexibility index (Phi) is 6.60. The largest absolute Gasteiger partial charge is 0.484 e. The Morgan fingerprint density at radius 3 is 2.64 bits per heavy atom. The van der Waals surface area contributed by atoms with Gasteiger partial charge in [0.2, 0.25) is 0 Å². The summed E-state index contributed by atoms with van der Waals surface area (Å²) in [5, 5.41) is 0. The number of carbonyl (C=O) groups excluding carboxylic acids is 1. The average molecular weight is 442 g/mol. The molecule has 1 aliphatic heterocycles. The molecule has 0 spiro atoms. The van der Waals surface area contributed by atoms with Crippen molar-refractivity contribution in [3.8, 4) is 28.8 Å². The van der Waals surface area contributed by atoms with Crippen LogP contribution < -0.4 is 4.74 Å². The number of hydrogen-bond acceptors (Lipinski definition) is 3. The van der Waals surface area contributed by atoms with Gasteiger partial charge in [-0.05, 0) is 81.0 Å². The molecule has 0 bridgehead atoms. The van der Waals surface area contributed by atoms with Gasteiger partial charge in [0.1, 0.15) is 29.1 Å². The minimum absolute atomic E-state index is 0.113. The number of ether oxygens (including phenoxy) is 1. The number of Topliss-reactive ketones (excluding diaryl/α,β-unsaturated/α-hetero) is 1. The highest BCUT2D eigenvalue weighted by molar-refractivity contribution is 5.77. The summed E-state index contributed by atoms with van der Waals surface area (Å²) in [5.41, 5.74) is 6.43. The van der Waals surface area contributed by atoms with Crippen LogP contribution in [-0.4, -0.2) is 10.8 Å². The second-order valence-electron chi connectivity index (χ2n) is 8.70. The van der Waals surface area contributed by atoms with Crippen molar-refractivity contribution in [1.29, 1.82) is 0 Å². The summed E-state index contributed by atoms with van der Waals surface area (Å²) in [5.74, 6) is 6.44. The van der Waals surface area contributed by atoms with Gasteiger partial charge in [0.25, 0.3) is 0 Å². The van der Waals surface area contributed by atoms with Gasteiger partial charge in [-0.25, -0.2) is 9.37 Å². The van der Waals surface area contributed by atoms with Gasteiger partial charge in [0, 0.05) is 12.0 Å². The molecule has 3 nitrogen and oxygen atoms in total. The number of rotatable bonds is 5. The Balaban J connectivity index is 1.63. The predicted octanol–water partition coefficient (Wildman–Crippen LogP) is 6.66. The van der Waals surface area contributed by atoms with Crippen LogP contribution in [0.15, 0.2) is 48.5 Å². The molecule has 0 saturated carbocycles. The smallest absolute Gasteiger partial charge is 0.148 e. The molecule has 3 aromatic rings. The number of benzene rings is 2. The minimum atomic E-state index is -0.448. The number of fused-ring (bicyclic) bond motifs is 1. The zero-order valence-corrected chi connectivity index (χ0v) is 19.5. The van der Waals surface area contributed by atoms with Crippen LogP contribution in [0.2, 0.25) is 0 Å². The van der Waals surface area contributed by atoms with Crippen molar-refractivity contribution < 1.29 is 13.9 Å². The normalized spacial score (nSPS) is 15.6. The van der Waals surface area contributed by atoms with Gasteiger partial charge in [-0.1, -0.05) is 36.3 Å². The fourth-order valence-corrected chi connectivity index (χ4v) is 4.57. The van der Waals surface area contributed by atoms with Crippen molar-refractivity contribution in [2.45, 2.75) is 59.0 Å². The fourth-order valence-electron chi connectivity index (χ4n) is 4.57. The average Bonchev–Trinajstić information content (AvgIpc) is 2.79. The second kappa shape index (κ2) is 9.58. The Labute approximate surface area is 195 Å². The fraction of sp³-hybridized carbons (Fsp3) is 0.310. The highest BCUT2D eigenvalue weighted by atomic mass is 19.1. The van der Waals surface area contributed by atoms with E-state index in [4.69, 9.17) is 9.72 Å². The van der Waals surface area contributed by atoms with Crippen molar-refractivity contribution in [2.75, 3.05) is 0 Å². The van der Waals surface area contributed by atoms with E-state index in [1.807, 2.05) is 44.2 Å². The lowest BCUT2D eigenvalue weighted by Gasteiger charge is -2.27. The van der Waals surface area contributed by atoms with Crippen LogP contribution in [0, 0.1) is 31.5 Å². The van der Waals surface area contributed by atoms with Crippen LogP contribution in [-0.2, 0) is 11.2 Å². The number of pyridine rings is 1. The summed E-state index contributed by atoms with van der Waals surface area (Å²) in [7, 11) is 0. The summed E-state index contributed by atoms with van der Waals surface area (Å²) in [6, 6.07) is 15.3. The molecule has 0 aliphatic carbocycles. The number of ketones is 1. The van der Waals surface area contributed by atoms with E-state index in [9.17, 15) is 9.18 Å². The van der Waals surface area contributed by atoms with Crippen molar-refractivity contribution in [3.63, 3.8) is 0 Å². The Hall–Kier alpha value is -3.45. The third-order valence-corrected chi connectivity index (χ3v) is 6.16. The molecule has 0 radical (unpaired) electrons. The SMILES string of the molecule is CC#CC(CC(C)=O)c1ccc2c(c1)CCC(c1nc(-c3c(C)cccc3C)ccc1F)O2. The first-order chi connectivity index (χ1) is 15.9. The van der Waals surface area contributed by atoms with E-state index in [0.29, 0.717) is 18.5 Å². The lowest BCUT2D eigenvalue weighted by atomic mass is 9.90. The molecule has 168 valence electrons. The molecule has 2 aromatic carbocycles. The molecule has 1 aliphatic rings. The summed E-state index contributed by atoms with van der Waals surface area (Å²) in [6.07, 6.45) is 1.32. The number of carbonyl (C=O) groups is 1. The van der Waals surface area contributed by atoms with Crippen LogP contribution in [0.25, 0.3) is 11.3 Å². The van der Waals surface area contributed by atoms with Crippen molar-refractivity contribution in [1.82, 2.24) is 4.98 Å². The number of aryl methyl sites for hydroxylation is 3. The molecule has 0 N–H and O–H groups in total. The Morgan fingerprint density at radius 2 is 1.94 bits per heavy atom. The number of nitrogens with zero attached hydrogens (tertiary/aromatic N) is 1. The summed E-state index contributed by atoms with van der Waals surface area (Å²) in [4.78, 5) is 16.4. The van der Waals surface area contributed by atoms with Gasteiger partial charge in [0.05, 0.1) is 11.6 Å². The van der Waals surface area contributed by atoms with Gasteiger partial charge in [-0.3, -0.25) is 4.79 Å². The van der Waals surface area contributed by atoms with Gasteiger partial charge < -0.3 is 4.74 Å². The topological polar surface area (TPSA) is 39.2 Å². The summed E-state index contributed by atoms with van der Waals surface area (Å²) in [6.45, 7) is 7.46. The van der Waals surface area contributed by atoms with Gasteiger partial charge in [-0.15, -0.1) is 5.92 Å². The van der Waals surface area contributed by atoms with E-state index >= 15 is 0 Å². The Bertz CT molecular complexity index is 1250. The first-order valence-electron chi connectivity index (χ1n) is 11.3. The van der Waals surface area contributed by atoms with Gasteiger partial charge >= 0.3 is 0 Å². The monoisotopic (exact) mass is 441 g/mol. The van der Waals surface area contributed by atoms with Crippen molar-refractivity contribution in [3.05, 3.63) is 82.3 Å². The molecule has 33 heavy (non-hydrogen) atoms. The van der Waals surface area contributed by atoms with Crippen LogP contribution in [0.5, 0.6) is 5.75 Å². The third-order valence-electron chi connectivity index (χ3n) is 6.16. The summed E-state index contributed by atoms with van der Waals surface area (Å²) < 4.78 is 21.1. The Morgan fingerprint density at radius 1 is 1.18 bits per heavy atom. The minimum Gasteiger partial charge on any atom is -0.484 e. The van der Waals surface area contributed by atoms with E-state index in [1.54, 1.807) is 19.9 Å². The highest BCUT2D eigenvalue weighted by Crippen LogP contribution is 2.38. The highest BCUT2D eigenvalue weighted by Gasteiger charge is 2.27. The van der Waals surface area contributed by atoms with Crippen LogP contribution >= 0.6 is 0 Å².